The third-order valence-corrected chi connectivity index (χ3v) is 4.86. The number of halogens is 3. The Labute approximate surface area is 91.6 Å². The van der Waals surface area contributed by atoms with Gasteiger partial charge >= 0.3 is 91.5 Å². The van der Waals surface area contributed by atoms with Crippen molar-refractivity contribution >= 4 is 20.9 Å². The Morgan fingerprint density at radius 1 is 1.14 bits per heavy atom. The van der Waals surface area contributed by atoms with Crippen LogP contribution in [0.25, 0.3) is 0 Å². The molecule has 14 heavy (non-hydrogen) atoms. The van der Waals surface area contributed by atoms with Crippen molar-refractivity contribution in [2.45, 2.75) is 22.0 Å². The predicted molar refractivity (Wildman–Crippen MR) is 51.5 cm³/mol. The summed E-state index contributed by atoms with van der Waals surface area (Å²) in [6.07, 6.45) is -4.22. The van der Waals surface area contributed by atoms with Gasteiger partial charge in [0.1, 0.15) is 0 Å². The van der Waals surface area contributed by atoms with Gasteiger partial charge in [-0.15, -0.1) is 0 Å². The van der Waals surface area contributed by atoms with Crippen LogP contribution in [0, 0.1) is 0 Å². The van der Waals surface area contributed by atoms with Gasteiger partial charge in [-0.2, -0.15) is 0 Å². The van der Waals surface area contributed by atoms with Gasteiger partial charge in [-0.1, -0.05) is 0 Å². The van der Waals surface area contributed by atoms with Gasteiger partial charge in [0.05, 0.1) is 0 Å². The molecule has 0 spiro atoms. The quantitative estimate of drug-likeness (QED) is 0.733. The van der Waals surface area contributed by atoms with E-state index in [9.17, 15) is 13.2 Å². The molecule has 78 valence electrons. The van der Waals surface area contributed by atoms with Crippen molar-refractivity contribution < 1.29 is 13.2 Å². The van der Waals surface area contributed by atoms with Gasteiger partial charge in [0.15, 0.2) is 0 Å². The summed E-state index contributed by atoms with van der Waals surface area (Å²) in [4.78, 5) is 2.15. The molecule has 0 saturated heterocycles. The van der Waals surface area contributed by atoms with E-state index in [1.807, 2.05) is 0 Å². The van der Waals surface area contributed by atoms with Gasteiger partial charge in [-0.25, -0.2) is 0 Å². The van der Waals surface area contributed by atoms with Crippen LogP contribution in [0.4, 0.5) is 13.2 Å². The Hall–Kier alpha value is -0.200. The van der Waals surface area contributed by atoms with E-state index >= 15 is 0 Å². The second-order valence-electron chi connectivity index (χ2n) is 3.00. The van der Waals surface area contributed by atoms with Crippen molar-refractivity contribution in [1.82, 2.24) is 0 Å². The molecule has 0 saturated carbocycles. The first-order valence-corrected chi connectivity index (χ1v) is 7.82. The van der Waals surface area contributed by atoms with Crippen molar-refractivity contribution in [3.63, 3.8) is 0 Å². The molecule has 1 unspecified atom stereocenters. The number of hydrogen-bond donors (Lipinski definition) is 0. The van der Waals surface area contributed by atoms with Gasteiger partial charge in [0.2, 0.25) is 0 Å². The molecule has 0 aliphatic heterocycles. The molecule has 1 aromatic carbocycles. The molecule has 4 heteroatoms. The van der Waals surface area contributed by atoms with Gasteiger partial charge in [0.25, 0.3) is 0 Å². The molecule has 0 nitrogen and oxygen atoms in total. The van der Waals surface area contributed by atoms with Crippen molar-refractivity contribution in [3.05, 3.63) is 35.4 Å². The van der Waals surface area contributed by atoms with Crippen LogP contribution in [0.1, 0.15) is 22.0 Å². The van der Waals surface area contributed by atoms with E-state index in [1.54, 1.807) is 12.1 Å². The van der Waals surface area contributed by atoms with Crippen LogP contribution in [0.5, 0.6) is 0 Å². The van der Waals surface area contributed by atoms with Crippen LogP contribution >= 0.6 is 0 Å². The topological polar surface area (TPSA) is 0 Å². The zero-order valence-electron chi connectivity index (χ0n) is 7.93. The van der Waals surface area contributed by atoms with Crippen LogP contribution in [0.15, 0.2) is 24.3 Å². The maximum atomic E-state index is 12.2. The van der Waals surface area contributed by atoms with E-state index in [-0.39, 0.29) is 20.9 Å². The maximum absolute atomic E-state index is 12.2. The van der Waals surface area contributed by atoms with Crippen LogP contribution in [0.3, 0.4) is 0 Å². The van der Waals surface area contributed by atoms with E-state index in [0.717, 1.165) is 17.7 Å². The first-order valence-electron chi connectivity index (χ1n) is 4.15. The van der Waals surface area contributed by atoms with Crippen LogP contribution in [0.2, 0.25) is 4.97 Å². The monoisotopic (exact) mass is 318 g/mol. The first kappa shape index (κ1) is 11.9. The summed E-state index contributed by atoms with van der Waals surface area (Å²) in [6, 6.07) is 5.49. The normalized spacial score (nSPS) is 14.1. The first-order chi connectivity index (χ1) is 6.45. The van der Waals surface area contributed by atoms with Crippen LogP contribution < -0.4 is 0 Å². The second-order valence-corrected chi connectivity index (χ2v) is 6.36. The summed E-state index contributed by atoms with van der Waals surface area (Å²) in [5, 5.41) is 0. The summed E-state index contributed by atoms with van der Waals surface area (Å²) < 4.78 is 37.1. The fourth-order valence-electron chi connectivity index (χ4n) is 1.08. The molecule has 0 heterocycles. The van der Waals surface area contributed by atoms with Crippen LogP contribution in [-0.2, 0) is 6.18 Å². The fraction of sp³-hybridized carbons (Fsp3) is 0.400. The van der Waals surface area contributed by atoms with E-state index in [1.165, 1.54) is 0 Å². The summed E-state index contributed by atoms with van der Waals surface area (Å²) in [6.45, 7) is 2.06. The zero-order chi connectivity index (χ0) is 10.8. The van der Waals surface area contributed by atoms with Crippen molar-refractivity contribution in [3.8, 4) is 0 Å². The molecule has 0 aliphatic rings. The Morgan fingerprint density at radius 3 is 2.00 bits per heavy atom. The number of rotatable bonds is 2. The Kier molecular flexibility index (Phi) is 3.85. The summed E-state index contributed by atoms with van der Waals surface area (Å²) in [7, 11) is 0. The van der Waals surface area contributed by atoms with Gasteiger partial charge < -0.3 is 0 Å². The van der Waals surface area contributed by atoms with E-state index in [2.05, 4.69) is 11.9 Å². The molecule has 0 N–H and O–H groups in total. The Balaban J connectivity index is 2.89. The van der Waals surface area contributed by atoms with E-state index in [4.69, 9.17) is 0 Å². The fourth-order valence-corrected chi connectivity index (χ4v) is 2.30. The third-order valence-electron chi connectivity index (χ3n) is 2.06. The Bertz CT molecular complexity index is 289. The molecule has 0 aromatic heterocycles. The number of alkyl halides is 3. The minimum absolute atomic E-state index is 0.116. The molecular weight excluding hydrogens is 305 g/mol. The zero-order valence-corrected chi connectivity index (χ0v) is 10.3. The van der Waals surface area contributed by atoms with E-state index < -0.39 is 11.7 Å². The molecule has 1 rings (SSSR count). The third kappa shape index (κ3) is 2.90. The molecule has 0 amide bonds. The molecule has 1 atom stereocenters. The average molecular weight is 316 g/mol. The predicted octanol–water partition coefficient (Wildman–Crippen LogP) is 3.52. The molecule has 0 aliphatic carbocycles. The molecular formula is C10H11F3Te. The molecule has 0 bridgehead atoms. The molecule has 0 fully saturated rings. The SMILES string of the molecule is C[Te]C(C)c1ccc(C(F)(F)F)cc1. The van der Waals surface area contributed by atoms with Gasteiger partial charge in [0, 0.05) is 0 Å². The minimum atomic E-state index is -4.22. The van der Waals surface area contributed by atoms with Crippen LogP contribution in [-0.4, -0.2) is 20.9 Å². The van der Waals surface area contributed by atoms with Crippen molar-refractivity contribution in [2.24, 2.45) is 0 Å². The Morgan fingerprint density at radius 2 is 1.64 bits per heavy atom. The average Bonchev–Trinajstić information content (AvgIpc) is 2.15. The molecule has 0 radical (unpaired) electrons. The van der Waals surface area contributed by atoms with Crippen molar-refractivity contribution in [2.75, 3.05) is 0 Å². The molecule has 1 aromatic rings. The number of hydrogen-bond acceptors (Lipinski definition) is 0. The summed E-state index contributed by atoms with van der Waals surface area (Å²) in [5.41, 5.74) is 0.452. The standard InChI is InChI=1S/C10H11F3Te/c1-7(14-2)8-3-5-9(6-4-8)10(11,12)13/h3-7H,1-2H3. The summed E-state index contributed by atoms with van der Waals surface area (Å²) >= 11 is -0.116. The van der Waals surface area contributed by atoms with Crippen molar-refractivity contribution in [1.29, 1.82) is 0 Å². The van der Waals surface area contributed by atoms with Gasteiger partial charge in [-0.3, -0.25) is 0 Å². The van der Waals surface area contributed by atoms with Gasteiger partial charge in [-0.05, 0) is 0 Å². The second kappa shape index (κ2) is 4.55. The summed E-state index contributed by atoms with van der Waals surface area (Å²) in [5.74, 6) is 0. The number of benzene rings is 1. The van der Waals surface area contributed by atoms with E-state index in [0.29, 0.717) is 3.97 Å².